The fourth-order valence-electron chi connectivity index (χ4n) is 2.45. The van der Waals surface area contributed by atoms with Gasteiger partial charge in [-0.2, -0.15) is 0 Å². The van der Waals surface area contributed by atoms with Crippen LogP contribution in [0.5, 0.6) is 0 Å². The van der Waals surface area contributed by atoms with Gasteiger partial charge >= 0.3 is 0 Å². The number of sulfonamides is 1. The van der Waals surface area contributed by atoms with Crippen LogP contribution < -0.4 is 0 Å². The molecule has 0 saturated heterocycles. The highest BCUT2D eigenvalue weighted by atomic mass is 32.2. The van der Waals surface area contributed by atoms with Gasteiger partial charge in [-0.15, -0.1) is 0 Å². The molecule has 0 spiro atoms. The highest BCUT2D eigenvalue weighted by Gasteiger charge is 2.39. The number of carbonyl (C=O) groups excluding carboxylic acids is 1. The van der Waals surface area contributed by atoms with Crippen LogP contribution in [-0.2, 0) is 10.0 Å². The number of nitrogens with zero attached hydrogens (tertiary/aromatic N) is 1. The van der Waals surface area contributed by atoms with Gasteiger partial charge in [-0.25, -0.2) is 12.8 Å². The van der Waals surface area contributed by atoms with Gasteiger partial charge in [-0.05, 0) is 24.3 Å². The SMILES string of the molecule is CN1C(=C(O)c2cccc(F)c2)C(=O)c2ccccc2S1(=O)=O. The number of aliphatic hydroxyl groups is 1. The van der Waals surface area contributed by atoms with Gasteiger partial charge in [0.25, 0.3) is 10.0 Å². The third-order valence-electron chi connectivity index (χ3n) is 3.62. The normalized spacial score (nSPS) is 18.5. The topological polar surface area (TPSA) is 74.7 Å². The van der Waals surface area contributed by atoms with E-state index in [1.165, 1.54) is 49.5 Å². The molecule has 23 heavy (non-hydrogen) atoms. The zero-order chi connectivity index (χ0) is 16.8. The first-order valence-corrected chi connectivity index (χ1v) is 8.10. The lowest BCUT2D eigenvalue weighted by Gasteiger charge is -2.28. The predicted octanol–water partition coefficient (Wildman–Crippen LogP) is 2.57. The Labute approximate surface area is 132 Å². The van der Waals surface area contributed by atoms with E-state index in [1.807, 2.05) is 0 Å². The van der Waals surface area contributed by atoms with Gasteiger partial charge in [-0.1, -0.05) is 24.3 Å². The van der Waals surface area contributed by atoms with Crippen LogP contribution in [0, 0.1) is 5.82 Å². The van der Waals surface area contributed by atoms with Crippen molar-refractivity contribution in [3.8, 4) is 0 Å². The number of rotatable bonds is 1. The maximum Gasteiger partial charge on any atom is 0.265 e. The Bertz CT molecular complexity index is 950. The third kappa shape index (κ3) is 2.29. The number of likely N-dealkylation sites (N-methyl/N-ethyl adjacent to an activating group) is 1. The van der Waals surface area contributed by atoms with Crippen molar-refractivity contribution in [2.75, 3.05) is 7.05 Å². The molecule has 7 heteroatoms. The van der Waals surface area contributed by atoms with E-state index in [0.717, 1.165) is 10.4 Å². The molecule has 2 aromatic carbocycles. The van der Waals surface area contributed by atoms with Crippen LogP contribution in [0.2, 0.25) is 0 Å². The maximum absolute atomic E-state index is 13.3. The number of carbonyl (C=O) groups is 1. The van der Waals surface area contributed by atoms with E-state index in [0.29, 0.717) is 0 Å². The average molecular weight is 333 g/mol. The second kappa shape index (κ2) is 5.20. The summed E-state index contributed by atoms with van der Waals surface area (Å²) in [7, 11) is -2.79. The minimum absolute atomic E-state index is 0.0229. The monoisotopic (exact) mass is 333 g/mol. The van der Waals surface area contributed by atoms with Crippen LogP contribution in [0.3, 0.4) is 0 Å². The summed E-state index contributed by atoms with van der Waals surface area (Å²) in [5.74, 6) is -1.83. The molecule has 1 heterocycles. The minimum atomic E-state index is -3.97. The summed E-state index contributed by atoms with van der Waals surface area (Å²) < 4.78 is 39.1. The van der Waals surface area contributed by atoms with Crippen LogP contribution in [0.25, 0.3) is 5.76 Å². The average Bonchev–Trinajstić information content (AvgIpc) is 2.53. The number of hydrogen-bond acceptors (Lipinski definition) is 4. The van der Waals surface area contributed by atoms with Crippen LogP contribution in [0.15, 0.2) is 59.1 Å². The highest BCUT2D eigenvalue weighted by Crippen LogP contribution is 2.34. The van der Waals surface area contributed by atoms with Crippen molar-refractivity contribution in [1.82, 2.24) is 4.31 Å². The molecule has 0 radical (unpaired) electrons. The number of benzene rings is 2. The molecular weight excluding hydrogens is 321 g/mol. The van der Waals surface area contributed by atoms with Gasteiger partial charge in [0.05, 0.1) is 4.90 Å². The second-order valence-corrected chi connectivity index (χ2v) is 6.94. The van der Waals surface area contributed by atoms with Crippen molar-refractivity contribution in [2.45, 2.75) is 4.90 Å². The molecule has 0 bridgehead atoms. The summed E-state index contributed by atoms with van der Waals surface area (Å²) >= 11 is 0. The van der Waals surface area contributed by atoms with Crippen molar-refractivity contribution in [2.24, 2.45) is 0 Å². The van der Waals surface area contributed by atoms with Gasteiger partial charge in [0.1, 0.15) is 11.5 Å². The Balaban J connectivity index is 2.29. The third-order valence-corrected chi connectivity index (χ3v) is 5.44. The first-order chi connectivity index (χ1) is 10.8. The lowest BCUT2D eigenvalue weighted by atomic mass is 10.0. The first-order valence-electron chi connectivity index (χ1n) is 6.66. The summed E-state index contributed by atoms with van der Waals surface area (Å²) in [4.78, 5) is 12.5. The zero-order valence-electron chi connectivity index (χ0n) is 12.0. The van der Waals surface area contributed by atoms with Crippen LogP contribution in [0.1, 0.15) is 15.9 Å². The number of hydrogen-bond donors (Lipinski definition) is 1. The summed E-state index contributed by atoms with van der Waals surface area (Å²) in [5, 5.41) is 10.4. The maximum atomic E-state index is 13.3. The highest BCUT2D eigenvalue weighted by molar-refractivity contribution is 7.89. The van der Waals surface area contributed by atoms with Crippen LogP contribution in [-0.4, -0.2) is 30.7 Å². The number of ketones is 1. The molecule has 1 N–H and O–H groups in total. The van der Waals surface area contributed by atoms with Crippen molar-refractivity contribution in [3.05, 3.63) is 71.2 Å². The molecule has 1 aliphatic heterocycles. The van der Waals surface area contributed by atoms with E-state index >= 15 is 0 Å². The molecule has 0 fully saturated rings. The van der Waals surface area contributed by atoms with Gasteiger partial charge in [0.15, 0.2) is 5.76 Å². The van der Waals surface area contributed by atoms with Gasteiger partial charge in [0.2, 0.25) is 5.78 Å². The van der Waals surface area contributed by atoms with Crippen molar-refractivity contribution < 1.29 is 22.7 Å². The van der Waals surface area contributed by atoms with E-state index in [1.54, 1.807) is 0 Å². The second-order valence-electron chi connectivity index (χ2n) is 5.01. The Morgan fingerprint density at radius 3 is 2.52 bits per heavy atom. The fraction of sp³-hybridized carbons (Fsp3) is 0.0625. The molecule has 118 valence electrons. The lowest BCUT2D eigenvalue weighted by molar-refractivity contribution is 0.100. The van der Waals surface area contributed by atoms with E-state index in [9.17, 15) is 22.7 Å². The largest absolute Gasteiger partial charge is 0.505 e. The smallest absolute Gasteiger partial charge is 0.265 e. The molecule has 1 aliphatic rings. The quantitative estimate of drug-likeness (QED) is 0.643. The summed E-state index contributed by atoms with van der Waals surface area (Å²) in [6.07, 6.45) is 0. The summed E-state index contributed by atoms with van der Waals surface area (Å²) in [6.45, 7) is 0. The number of aliphatic hydroxyl groups excluding tert-OH is 1. The van der Waals surface area contributed by atoms with E-state index < -0.39 is 33.1 Å². The Morgan fingerprint density at radius 2 is 1.83 bits per heavy atom. The van der Waals surface area contributed by atoms with Crippen LogP contribution in [0.4, 0.5) is 4.39 Å². The van der Waals surface area contributed by atoms with E-state index in [2.05, 4.69) is 0 Å². The Morgan fingerprint density at radius 1 is 1.13 bits per heavy atom. The number of fused-ring (bicyclic) bond motifs is 1. The molecule has 0 unspecified atom stereocenters. The first kappa shape index (κ1) is 15.2. The molecule has 0 aliphatic carbocycles. The van der Waals surface area contributed by atoms with Crippen molar-refractivity contribution in [3.63, 3.8) is 0 Å². The molecule has 2 aromatic rings. The fourth-order valence-corrected chi connectivity index (χ4v) is 3.84. The molecule has 0 aromatic heterocycles. The van der Waals surface area contributed by atoms with Gasteiger partial charge < -0.3 is 5.11 Å². The number of allylic oxidation sites excluding steroid dienone is 1. The Hall–Kier alpha value is -2.67. The van der Waals surface area contributed by atoms with Gasteiger partial charge in [-0.3, -0.25) is 9.10 Å². The van der Waals surface area contributed by atoms with Crippen LogP contribution >= 0.6 is 0 Å². The molecule has 3 rings (SSSR count). The molecule has 5 nitrogen and oxygen atoms in total. The van der Waals surface area contributed by atoms with Gasteiger partial charge in [0, 0.05) is 18.2 Å². The summed E-state index contributed by atoms with van der Waals surface area (Å²) in [5.41, 5.74) is -0.410. The molecule has 0 saturated carbocycles. The zero-order valence-corrected chi connectivity index (χ0v) is 12.8. The van der Waals surface area contributed by atoms with Crippen molar-refractivity contribution in [1.29, 1.82) is 0 Å². The van der Waals surface area contributed by atoms with E-state index in [4.69, 9.17) is 0 Å². The lowest BCUT2D eigenvalue weighted by Crippen LogP contribution is -2.37. The number of Topliss-reactive ketones (excluding diaryl/α,β-unsaturated/α-hetero) is 1. The molecular formula is C16H12FNO4S. The summed E-state index contributed by atoms with van der Waals surface area (Å²) in [6, 6.07) is 10.7. The molecule has 0 atom stereocenters. The minimum Gasteiger partial charge on any atom is -0.505 e. The van der Waals surface area contributed by atoms with Crippen molar-refractivity contribution >= 4 is 21.6 Å². The number of halogens is 1. The van der Waals surface area contributed by atoms with E-state index in [-0.39, 0.29) is 16.0 Å². The standard InChI is InChI=1S/C16H12FNO4S/c1-18-14(15(19)10-5-4-6-11(17)9-10)16(20)12-7-2-3-8-13(12)23(18,21)22/h2-9,19H,1H3. The Kier molecular flexibility index (Phi) is 3.45. The predicted molar refractivity (Wildman–Crippen MR) is 81.7 cm³/mol. The molecule has 0 amide bonds.